The highest BCUT2D eigenvalue weighted by atomic mass is 32.2. The van der Waals surface area contributed by atoms with Gasteiger partial charge >= 0.3 is 0 Å². The van der Waals surface area contributed by atoms with Gasteiger partial charge in [-0.3, -0.25) is 0 Å². The van der Waals surface area contributed by atoms with Gasteiger partial charge < -0.3 is 4.90 Å². The summed E-state index contributed by atoms with van der Waals surface area (Å²) in [5.74, 6) is 1.07. The summed E-state index contributed by atoms with van der Waals surface area (Å²) in [6, 6.07) is 11.9. The number of pyridine rings is 1. The second kappa shape index (κ2) is 6.98. The largest absolute Gasteiger partial charge is 0.355 e. The summed E-state index contributed by atoms with van der Waals surface area (Å²) < 4.78 is 24.6. The summed E-state index contributed by atoms with van der Waals surface area (Å²) in [7, 11) is -1.51. The van der Waals surface area contributed by atoms with Crippen LogP contribution in [0.15, 0.2) is 30.3 Å². The van der Waals surface area contributed by atoms with Crippen LogP contribution in [-0.4, -0.2) is 50.6 Å². The molecule has 25 heavy (non-hydrogen) atoms. The molecule has 6 nitrogen and oxygen atoms in total. The molecule has 0 atom stereocenters. The quantitative estimate of drug-likeness (QED) is 0.837. The Hall–Kier alpha value is -2.17. The van der Waals surface area contributed by atoms with Crippen molar-refractivity contribution in [1.29, 1.82) is 5.26 Å². The predicted octanol–water partition coefficient (Wildman–Crippen LogP) is 2.21. The van der Waals surface area contributed by atoms with Crippen molar-refractivity contribution in [3.63, 3.8) is 0 Å². The molecular formula is C18H22N4O2S. The molecule has 0 radical (unpaired) electrons. The van der Waals surface area contributed by atoms with Gasteiger partial charge in [-0.2, -0.15) is 5.26 Å². The zero-order valence-electron chi connectivity index (χ0n) is 14.5. The van der Waals surface area contributed by atoms with Crippen LogP contribution in [0.2, 0.25) is 0 Å². The minimum atomic E-state index is -3.14. The smallest absolute Gasteiger partial charge is 0.210 e. The fourth-order valence-corrected chi connectivity index (χ4v) is 3.74. The van der Waals surface area contributed by atoms with Gasteiger partial charge in [0, 0.05) is 32.1 Å². The number of para-hydroxylation sites is 1. The van der Waals surface area contributed by atoms with Crippen molar-refractivity contribution in [3.05, 3.63) is 35.9 Å². The summed E-state index contributed by atoms with van der Waals surface area (Å²) in [5, 5.41) is 10.4. The van der Waals surface area contributed by atoms with Crippen molar-refractivity contribution in [2.45, 2.75) is 12.8 Å². The Balaban J connectivity index is 1.75. The average Bonchev–Trinajstić information content (AvgIpc) is 2.60. The number of fused-ring (bicyclic) bond motifs is 1. The number of hydrogen-bond donors (Lipinski definition) is 0. The second-order valence-corrected chi connectivity index (χ2v) is 8.73. The summed E-state index contributed by atoms with van der Waals surface area (Å²) in [5.41, 5.74) is 1.47. The van der Waals surface area contributed by atoms with Gasteiger partial charge in [-0.15, -0.1) is 0 Å². The number of hydrogen-bond acceptors (Lipinski definition) is 5. The monoisotopic (exact) mass is 358 g/mol. The average molecular weight is 358 g/mol. The lowest BCUT2D eigenvalue weighted by Crippen LogP contribution is -2.39. The predicted molar refractivity (Wildman–Crippen MR) is 98.9 cm³/mol. The number of piperidine rings is 1. The summed E-state index contributed by atoms with van der Waals surface area (Å²) >= 11 is 0. The molecule has 132 valence electrons. The molecule has 0 saturated carbocycles. The van der Waals surface area contributed by atoms with E-state index in [1.807, 2.05) is 30.3 Å². The minimum absolute atomic E-state index is 0.335. The topological polar surface area (TPSA) is 77.3 Å². The molecule has 0 amide bonds. The van der Waals surface area contributed by atoms with E-state index in [1.165, 1.54) is 10.6 Å². The fraction of sp³-hybridized carbons (Fsp3) is 0.444. The SMILES string of the molecule is CN(CC1CCN(c2nc3ccccc3cc2C#N)CC1)S(C)(=O)=O. The molecule has 0 spiro atoms. The Morgan fingerprint density at radius 1 is 1.32 bits per heavy atom. The van der Waals surface area contributed by atoms with E-state index in [0.29, 0.717) is 18.0 Å². The lowest BCUT2D eigenvalue weighted by Gasteiger charge is -2.34. The van der Waals surface area contributed by atoms with E-state index in [-0.39, 0.29) is 0 Å². The van der Waals surface area contributed by atoms with Gasteiger partial charge in [0.1, 0.15) is 11.9 Å². The van der Waals surface area contributed by atoms with Crippen LogP contribution in [0.5, 0.6) is 0 Å². The zero-order valence-corrected chi connectivity index (χ0v) is 15.3. The molecular weight excluding hydrogens is 336 g/mol. The first kappa shape index (κ1) is 17.6. The molecule has 7 heteroatoms. The van der Waals surface area contributed by atoms with Crippen molar-refractivity contribution >= 4 is 26.7 Å². The minimum Gasteiger partial charge on any atom is -0.355 e. The first-order chi connectivity index (χ1) is 11.9. The molecule has 0 unspecified atom stereocenters. The Bertz CT molecular complexity index is 912. The van der Waals surface area contributed by atoms with Gasteiger partial charge in [0.2, 0.25) is 10.0 Å². The van der Waals surface area contributed by atoms with Crippen molar-refractivity contribution in [2.24, 2.45) is 5.92 Å². The third-order valence-electron chi connectivity index (χ3n) is 4.82. The maximum atomic E-state index is 11.6. The number of sulfonamides is 1. The lowest BCUT2D eigenvalue weighted by atomic mass is 9.96. The Labute approximate surface area is 148 Å². The lowest BCUT2D eigenvalue weighted by molar-refractivity contribution is 0.328. The van der Waals surface area contributed by atoms with Crippen LogP contribution in [0.25, 0.3) is 10.9 Å². The van der Waals surface area contributed by atoms with Gasteiger partial charge in [0.15, 0.2) is 0 Å². The normalized spacial score (nSPS) is 16.3. The van der Waals surface area contributed by atoms with E-state index in [1.54, 1.807) is 7.05 Å². The number of anilines is 1. The highest BCUT2D eigenvalue weighted by molar-refractivity contribution is 7.88. The van der Waals surface area contributed by atoms with Crippen molar-refractivity contribution in [1.82, 2.24) is 9.29 Å². The number of benzene rings is 1. The van der Waals surface area contributed by atoms with E-state index >= 15 is 0 Å². The van der Waals surface area contributed by atoms with Gasteiger partial charge in [-0.05, 0) is 30.9 Å². The molecule has 1 aliphatic heterocycles. The maximum absolute atomic E-state index is 11.6. The highest BCUT2D eigenvalue weighted by Crippen LogP contribution is 2.27. The molecule has 2 aromatic rings. The summed E-state index contributed by atoms with van der Waals surface area (Å²) in [6.45, 7) is 2.10. The molecule has 1 aliphatic rings. The number of nitriles is 1. The fourth-order valence-electron chi connectivity index (χ4n) is 3.26. The number of nitrogens with zero attached hydrogens (tertiary/aromatic N) is 4. The van der Waals surface area contributed by atoms with Gasteiger partial charge in [-0.1, -0.05) is 18.2 Å². The molecule has 1 saturated heterocycles. The van der Waals surface area contributed by atoms with E-state index in [2.05, 4.69) is 11.0 Å². The standard InChI is InChI=1S/C18H22N4O2S/c1-21(25(2,23)24)13-14-7-9-22(10-8-14)18-16(12-19)11-15-5-3-4-6-17(15)20-18/h3-6,11,14H,7-10,13H2,1-2H3. The molecule has 3 rings (SSSR count). The molecule has 0 bridgehead atoms. The maximum Gasteiger partial charge on any atom is 0.210 e. The first-order valence-corrected chi connectivity index (χ1v) is 10.2. The molecule has 1 aromatic carbocycles. The molecule has 0 aliphatic carbocycles. The van der Waals surface area contributed by atoms with E-state index in [9.17, 15) is 13.7 Å². The van der Waals surface area contributed by atoms with Crippen molar-refractivity contribution in [2.75, 3.05) is 37.8 Å². The summed E-state index contributed by atoms with van der Waals surface area (Å²) in [4.78, 5) is 6.83. The van der Waals surface area contributed by atoms with Gasteiger partial charge in [0.05, 0.1) is 17.3 Å². The van der Waals surface area contributed by atoms with E-state index < -0.39 is 10.0 Å². The molecule has 2 heterocycles. The van der Waals surface area contributed by atoms with Gasteiger partial charge in [0.25, 0.3) is 0 Å². The molecule has 0 N–H and O–H groups in total. The third kappa shape index (κ3) is 3.91. The second-order valence-electron chi connectivity index (χ2n) is 6.64. The van der Waals surface area contributed by atoms with Crippen LogP contribution in [-0.2, 0) is 10.0 Å². The Morgan fingerprint density at radius 3 is 2.64 bits per heavy atom. The third-order valence-corrected chi connectivity index (χ3v) is 6.10. The molecule has 1 aromatic heterocycles. The summed E-state index contributed by atoms with van der Waals surface area (Å²) in [6.07, 6.45) is 3.01. The highest BCUT2D eigenvalue weighted by Gasteiger charge is 2.25. The van der Waals surface area contributed by atoms with Crippen LogP contribution >= 0.6 is 0 Å². The van der Waals surface area contributed by atoms with Crippen molar-refractivity contribution < 1.29 is 8.42 Å². The van der Waals surface area contributed by atoms with Gasteiger partial charge in [-0.25, -0.2) is 17.7 Å². The first-order valence-electron chi connectivity index (χ1n) is 8.34. The Morgan fingerprint density at radius 2 is 2.00 bits per heavy atom. The molecule has 1 fully saturated rings. The number of aromatic nitrogens is 1. The van der Waals surface area contributed by atoms with Crippen LogP contribution < -0.4 is 4.90 Å². The van der Waals surface area contributed by atoms with Crippen LogP contribution in [0.4, 0.5) is 5.82 Å². The zero-order chi connectivity index (χ0) is 18.0. The van der Waals surface area contributed by atoms with E-state index in [4.69, 9.17) is 4.98 Å². The van der Waals surface area contributed by atoms with Crippen LogP contribution in [0.3, 0.4) is 0 Å². The van der Waals surface area contributed by atoms with Crippen LogP contribution in [0.1, 0.15) is 18.4 Å². The number of rotatable bonds is 4. The Kier molecular flexibility index (Phi) is 4.93. The van der Waals surface area contributed by atoms with Crippen LogP contribution in [0, 0.1) is 17.2 Å². The van der Waals surface area contributed by atoms with Crippen molar-refractivity contribution in [3.8, 4) is 6.07 Å². The van der Waals surface area contributed by atoms with E-state index in [0.717, 1.165) is 42.7 Å².